The van der Waals surface area contributed by atoms with Crippen LogP contribution in [0.15, 0.2) is 81.7 Å². The number of hydrogen-bond donors (Lipinski definition) is 0. The summed E-state index contributed by atoms with van der Waals surface area (Å²) in [4.78, 5) is 32.4. The van der Waals surface area contributed by atoms with Gasteiger partial charge in [-0.3, -0.25) is 9.36 Å². The molecule has 1 aliphatic heterocycles. The molecule has 4 aromatic rings. The molecule has 0 radical (unpaired) electrons. The maximum Gasteiger partial charge on any atom is 0.338 e. The Morgan fingerprint density at radius 1 is 1.15 bits per heavy atom. The molecule has 1 aliphatic rings. The minimum absolute atomic E-state index is 0.0748. The number of ether oxygens (including phenoxy) is 3. The predicted molar refractivity (Wildman–Crippen MR) is 156 cm³/mol. The topological polar surface area (TPSA) is 79.1 Å². The monoisotopic (exact) mass is 572 g/mol. The number of esters is 1. The number of aromatic nitrogens is 1. The van der Waals surface area contributed by atoms with Crippen LogP contribution in [0.1, 0.15) is 24.1 Å². The zero-order valence-electron chi connectivity index (χ0n) is 21.8. The molecule has 9 heteroatoms. The largest absolute Gasteiger partial charge is 0.480 e. The van der Waals surface area contributed by atoms with Crippen molar-refractivity contribution < 1.29 is 19.0 Å². The summed E-state index contributed by atoms with van der Waals surface area (Å²) in [5.41, 5.74) is 1.89. The van der Waals surface area contributed by atoms with E-state index >= 15 is 0 Å². The van der Waals surface area contributed by atoms with Crippen molar-refractivity contribution in [2.45, 2.75) is 13.0 Å². The Balaban J connectivity index is 1.72. The summed E-state index contributed by atoms with van der Waals surface area (Å²) in [6.07, 6.45) is 7.24. The number of terminal acetylenes is 1. The molecule has 1 aromatic heterocycles. The molecule has 0 aliphatic carbocycles. The quantitative estimate of drug-likeness (QED) is 0.179. The molecular weight excluding hydrogens is 548 g/mol. The number of rotatable bonds is 8. The summed E-state index contributed by atoms with van der Waals surface area (Å²) >= 11 is 7.39. The molecule has 1 unspecified atom stereocenters. The highest BCUT2D eigenvalue weighted by Gasteiger charge is 2.33. The van der Waals surface area contributed by atoms with Gasteiger partial charge in [-0.05, 0) is 47.5 Å². The molecule has 0 spiro atoms. The van der Waals surface area contributed by atoms with E-state index in [9.17, 15) is 9.59 Å². The van der Waals surface area contributed by atoms with E-state index < -0.39 is 12.0 Å². The molecule has 5 rings (SSSR count). The van der Waals surface area contributed by atoms with Gasteiger partial charge in [0.15, 0.2) is 4.80 Å². The number of nitrogens with zero attached hydrogens (tertiary/aromatic N) is 2. The number of halogens is 1. The number of hydrogen-bond acceptors (Lipinski definition) is 7. The van der Waals surface area contributed by atoms with Crippen molar-refractivity contribution in [1.82, 2.24) is 4.57 Å². The normalized spacial score (nSPS) is 14.9. The number of carbonyl (C=O) groups is 1. The molecular formula is C31H25ClN2O5S. The van der Waals surface area contributed by atoms with E-state index in [1.165, 1.54) is 23.0 Å². The van der Waals surface area contributed by atoms with Gasteiger partial charge in [0.1, 0.15) is 19.0 Å². The van der Waals surface area contributed by atoms with Gasteiger partial charge in [0.2, 0.25) is 0 Å². The second-order valence-electron chi connectivity index (χ2n) is 8.95. The molecule has 2 heterocycles. The Hall–Kier alpha value is -4.16. The lowest BCUT2D eigenvalue weighted by molar-refractivity contribution is -0.140. The summed E-state index contributed by atoms with van der Waals surface area (Å²) < 4.78 is 18.3. The van der Waals surface area contributed by atoms with Gasteiger partial charge in [0, 0.05) is 17.7 Å². The Morgan fingerprint density at radius 3 is 2.67 bits per heavy atom. The van der Waals surface area contributed by atoms with Gasteiger partial charge in [0.05, 0.1) is 28.5 Å². The molecule has 202 valence electrons. The van der Waals surface area contributed by atoms with Crippen LogP contribution < -0.4 is 19.6 Å². The molecule has 0 saturated carbocycles. The van der Waals surface area contributed by atoms with Crippen LogP contribution in [0.25, 0.3) is 16.8 Å². The highest BCUT2D eigenvalue weighted by Crippen LogP contribution is 2.32. The fourth-order valence-corrected chi connectivity index (χ4v) is 5.79. The third-order valence-electron chi connectivity index (χ3n) is 6.47. The van der Waals surface area contributed by atoms with E-state index in [0.717, 1.165) is 16.3 Å². The number of methoxy groups -OCH3 is 1. The molecule has 1 atom stereocenters. The van der Waals surface area contributed by atoms with Crippen LogP contribution in [0.2, 0.25) is 5.02 Å². The van der Waals surface area contributed by atoms with Gasteiger partial charge in [-0.2, -0.15) is 0 Å². The van der Waals surface area contributed by atoms with Crippen LogP contribution in [0.5, 0.6) is 5.75 Å². The molecule has 0 bridgehead atoms. The molecule has 7 nitrogen and oxygen atoms in total. The van der Waals surface area contributed by atoms with E-state index in [0.29, 0.717) is 31.4 Å². The van der Waals surface area contributed by atoms with Gasteiger partial charge in [-0.25, -0.2) is 9.79 Å². The Bertz CT molecular complexity index is 1850. The zero-order valence-corrected chi connectivity index (χ0v) is 23.4. The minimum atomic E-state index is -0.754. The second kappa shape index (κ2) is 11.9. The maximum atomic E-state index is 14.1. The highest BCUT2D eigenvalue weighted by molar-refractivity contribution is 7.07. The Labute approximate surface area is 239 Å². The van der Waals surface area contributed by atoms with Crippen LogP contribution in [-0.2, 0) is 14.3 Å². The van der Waals surface area contributed by atoms with Crippen molar-refractivity contribution in [3.8, 4) is 18.1 Å². The van der Waals surface area contributed by atoms with E-state index in [1.54, 1.807) is 37.3 Å². The Morgan fingerprint density at radius 2 is 1.93 bits per heavy atom. The number of thiazole rings is 1. The van der Waals surface area contributed by atoms with Crippen molar-refractivity contribution in [2.24, 2.45) is 4.99 Å². The average Bonchev–Trinajstić information content (AvgIpc) is 3.26. The van der Waals surface area contributed by atoms with Crippen LogP contribution in [-0.4, -0.2) is 37.5 Å². The van der Waals surface area contributed by atoms with Gasteiger partial charge in [0.25, 0.3) is 5.56 Å². The number of benzene rings is 3. The first-order valence-corrected chi connectivity index (χ1v) is 13.6. The van der Waals surface area contributed by atoms with Crippen molar-refractivity contribution in [3.05, 3.63) is 108 Å². The third-order valence-corrected chi connectivity index (χ3v) is 7.70. The van der Waals surface area contributed by atoms with Crippen molar-refractivity contribution in [1.29, 1.82) is 0 Å². The smallest absolute Gasteiger partial charge is 0.338 e. The molecule has 40 heavy (non-hydrogen) atoms. The van der Waals surface area contributed by atoms with Gasteiger partial charge in [-0.1, -0.05) is 71.3 Å². The summed E-state index contributed by atoms with van der Waals surface area (Å²) in [6.45, 7) is 2.15. The first kappa shape index (κ1) is 27.4. The van der Waals surface area contributed by atoms with Gasteiger partial charge in [-0.15, -0.1) is 6.42 Å². The lowest BCUT2D eigenvalue weighted by Crippen LogP contribution is -2.40. The van der Waals surface area contributed by atoms with E-state index in [2.05, 4.69) is 10.9 Å². The molecule has 0 saturated heterocycles. The third kappa shape index (κ3) is 5.32. The van der Waals surface area contributed by atoms with E-state index in [4.69, 9.17) is 32.2 Å². The predicted octanol–water partition coefficient (Wildman–Crippen LogP) is 4.24. The number of fused-ring (bicyclic) bond motifs is 2. The summed E-state index contributed by atoms with van der Waals surface area (Å²) in [5, 5.41) is 2.44. The zero-order chi connectivity index (χ0) is 28.2. The lowest BCUT2D eigenvalue weighted by atomic mass is 9.96. The molecule has 0 amide bonds. The lowest BCUT2D eigenvalue weighted by Gasteiger charge is -2.24. The second-order valence-corrected chi connectivity index (χ2v) is 10.4. The minimum Gasteiger partial charge on any atom is -0.480 e. The number of allylic oxidation sites excluding steroid dienone is 1. The van der Waals surface area contributed by atoms with Crippen LogP contribution in [0.4, 0.5) is 0 Å². The van der Waals surface area contributed by atoms with Crippen LogP contribution >= 0.6 is 22.9 Å². The van der Waals surface area contributed by atoms with Crippen LogP contribution in [0, 0.1) is 12.3 Å². The standard InChI is InChI=1S/C31H25ClN2O5S/c1-4-15-38-25-14-11-20-7-5-6-8-23(20)24(25)18-26-29(35)34-28(21-9-12-22(32)13-10-21)27(19(2)33-31(34)40-26)30(36)39-17-16-37-3/h1,5-14,18,28H,15-17H2,2-3H3. The summed E-state index contributed by atoms with van der Waals surface area (Å²) in [6, 6.07) is 17.9. The summed E-state index contributed by atoms with van der Waals surface area (Å²) in [7, 11) is 1.53. The van der Waals surface area contributed by atoms with Crippen molar-refractivity contribution in [3.63, 3.8) is 0 Å². The first-order valence-electron chi connectivity index (χ1n) is 12.4. The van der Waals surface area contributed by atoms with Crippen molar-refractivity contribution >= 4 is 45.8 Å². The summed E-state index contributed by atoms with van der Waals surface area (Å²) in [5.74, 6) is 2.49. The van der Waals surface area contributed by atoms with E-state index in [1.807, 2.05) is 36.4 Å². The van der Waals surface area contributed by atoms with E-state index in [-0.39, 0.29) is 31.0 Å². The number of carbonyl (C=O) groups excluding carboxylic acids is 1. The average molecular weight is 573 g/mol. The Kier molecular flexibility index (Phi) is 8.17. The fraction of sp³-hybridized carbons (Fsp3) is 0.194. The first-order chi connectivity index (χ1) is 19.4. The van der Waals surface area contributed by atoms with Gasteiger partial charge < -0.3 is 14.2 Å². The highest BCUT2D eigenvalue weighted by atomic mass is 35.5. The molecule has 0 fully saturated rings. The van der Waals surface area contributed by atoms with Crippen LogP contribution in [0.3, 0.4) is 0 Å². The SMILES string of the molecule is C#CCOc1ccc2ccccc2c1C=c1sc2n(c1=O)C(c1ccc(Cl)cc1)C(C(=O)OCCOC)=C(C)N=2. The van der Waals surface area contributed by atoms with Gasteiger partial charge >= 0.3 is 5.97 Å². The molecule has 0 N–H and O–H groups in total. The fourth-order valence-electron chi connectivity index (χ4n) is 4.64. The van der Waals surface area contributed by atoms with Crippen molar-refractivity contribution in [2.75, 3.05) is 26.9 Å². The molecule has 3 aromatic carbocycles. The maximum absolute atomic E-state index is 14.1.